The van der Waals surface area contributed by atoms with Crippen molar-refractivity contribution in [2.45, 2.75) is 65.5 Å². The van der Waals surface area contributed by atoms with Crippen LogP contribution in [0.1, 0.15) is 70.1 Å². The lowest BCUT2D eigenvalue weighted by molar-refractivity contribution is 0.387. The first-order valence-corrected chi connectivity index (χ1v) is 8.38. The molecular weight excluding hydrogens is 280 g/mol. The predicted octanol–water partition coefficient (Wildman–Crippen LogP) is 5.17. The summed E-state index contributed by atoms with van der Waals surface area (Å²) in [5.74, 6) is 0. The molecule has 23 heavy (non-hydrogen) atoms. The number of nitrogens with zero attached hydrogens (tertiary/aromatic N) is 1. The fourth-order valence-electron chi connectivity index (χ4n) is 2.66. The Morgan fingerprint density at radius 2 is 1.48 bits per heavy atom. The molecule has 0 aliphatic rings. The molecule has 0 amide bonds. The summed E-state index contributed by atoms with van der Waals surface area (Å²) in [5, 5.41) is 3.71. The minimum atomic E-state index is 0.0127. The molecule has 0 aliphatic heterocycles. The van der Waals surface area contributed by atoms with Crippen LogP contribution in [0, 0.1) is 6.92 Å². The Morgan fingerprint density at radius 3 is 1.96 bits per heavy atom. The van der Waals surface area contributed by atoms with Gasteiger partial charge in [-0.05, 0) is 56.4 Å². The van der Waals surface area contributed by atoms with E-state index in [4.69, 9.17) is 4.98 Å². The summed E-state index contributed by atoms with van der Waals surface area (Å²) in [6, 6.07) is 15.3. The van der Waals surface area contributed by atoms with Crippen molar-refractivity contribution in [2.24, 2.45) is 0 Å². The quantitative estimate of drug-likeness (QED) is 0.846. The van der Waals surface area contributed by atoms with Crippen LogP contribution in [0.25, 0.3) is 0 Å². The minimum absolute atomic E-state index is 0.0127. The van der Waals surface area contributed by atoms with E-state index in [1.54, 1.807) is 0 Å². The highest BCUT2D eigenvalue weighted by Crippen LogP contribution is 2.27. The molecule has 124 valence electrons. The molecule has 0 spiro atoms. The van der Waals surface area contributed by atoms with E-state index in [-0.39, 0.29) is 17.0 Å². The zero-order valence-corrected chi connectivity index (χ0v) is 15.6. The SMILES string of the molecule is Cc1cccc(C(NC(C)(C)C)c2ccc(C(C)(C)C)cc2)n1. The van der Waals surface area contributed by atoms with Gasteiger partial charge in [-0.25, -0.2) is 0 Å². The number of aromatic nitrogens is 1. The van der Waals surface area contributed by atoms with Crippen LogP contribution >= 0.6 is 0 Å². The van der Waals surface area contributed by atoms with E-state index >= 15 is 0 Å². The molecule has 1 heterocycles. The van der Waals surface area contributed by atoms with Gasteiger partial charge >= 0.3 is 0 Å². The van der Waals surface area contributed by atoms with E-state index in [1.807, 2.05) is 13.0 Å². The zero-order valence-electron chi connectivity index (χ0n) is 15.6. The summed E-state index contributed by atoms with van der Waals surface area (Å²) in [6.45, 7) is 15.4. The van der Waals surface area contributed by atoms with Gasteiger partial charge in [0.2, 0.25) is 0 Å². The Hall–Kier alpha value is -1.67. The summed E-state index contributed by atoms with van der Waals surface area (Å²) >= 11 is 0. The number of aryl methyl sites for hydroxylation is 1. The predicted molar refractivity (Wildman–Crippen MR) is 98.8 cm³/mol. The van der Waals surface area contributed by atoms with Crippen molar-refractivity contribution in [1.82, 2.24) is 10.3 Å². The lowest BCUT2D eigenvalue weighted by atomic mass is 9.86. The van der Waals surface area contributed by atoms with E-state index in [1.165, 1.54) is 11.1 Å². The van der Waals surface area contributed by atoms with E-state index in [0.29, 0.717) is 0 Å². The fraction of sp³-hybridized carbons (Fsp3) is 0.476. The molecule has 0 saturated carbocycles. The highest BCUT2D eigenvalue weighted by molar-refractivity contribution is 5.33. The average molecular weight is 310 g/mol. The lowest BCUT2D eigenvalue weighted by Crippen LogP contribution is -2.39. The Morgan fingerprint density at radius 1 is 0.870 bits per heavy atom. The van der Waals surface area contributed by atoms with Gasteiger partial charge in [0.05, 0.1) is 11.7 Å². The first-order valence-electron chi connectivity index (χ1n) is 8.38. The largest absolute Gasteiger partial charge is 0.300 e. The highest BCUT2D eigenvalue weighted by Gasteiger charge is 2.22. The molecule has 0 bridgehead atoms. The molecule has 1 atom stereocenters. The van der Waals surface area contributed by atoms with Gasteiger partial charge in [0.15, 0.2) is 0 Å². The summed E-state index contributed by atoms with van der Waals surface area (Å²) in [5.41, 5.74) is 4.92. The van der Waals surface area contributed by atoms with E-state index in [2.05, 4.69) is 83.3 Å². The second kappa shape index (κ2) is 6.45. The fourth-order valence-corrected chi connectivity index (χ4v) is 2.66. The summed E-state index contributed by atoms with van der Waals surface area (Å²) < 4.78 is 0. The van der Waals surface area contributed by atoms with Crippen molar-refractivity contribution in [3.05, 3.63) is 65.0 Å². The number of benzene rings is 1. The number of hydrogen-bond acceptors (Lipinski definition) is 2. The molecule has 0 fully saturated rings. The first kappa shape index (κ1) is 17.7. The van der Waals surface area contributed by atoms with Crippen molar-refractivity contribution in [2.75, 3.05) is 0 Å². The van der Waals surface area contributed by atoms with Gasteiger partial charge in [-0.3, -0.25) is 4.98 Å². The maximum Gasteiger partial charge on any atom is 0.0755 e. The smallest absolute Gasteiger partial charge is 0.0755 e. The van der Waals surface area contributed by atoms with E-state index in [0.717, 1.165) is 11.4 Å². The van der Waals surface area contributed by atoms with Crippen LogP contribution < -0.4 is 5.32 Å². The molecule has 1 aromatic carbocycles. The third kappa shape index (κ3) is 4.90. The van der Waals surface area contributed by atoms with Gasteiger partial charge in [-0.15, -0.1) is 0 Å². The molecule has 0 saturated heterocycles. The Bertz CT molecular complexity index is 643. The maximum absolute atomic E-state index is 4.74. The summed E-state index contributed by atoms with van der Waals surface area (Å²) in [4.78, 5) is 4.74. The molecule has 1 N–H and O–H groups in total. The van der Waals surface area contributed by atoms with Gasteiger partial charge in [0, 0.05) is 11.2 Å². The van der Waals surface area contributed by atoms with Crippen LogP contribution in [0.3, 0.4) is 0 Å². The molecular formula is C21H30N2. The molecule has 1 aromatic heterocycles. The zero-order chi connectivity index (χ0) is 17.3. The summed E-state index contributed by atoms with van der Waals surface area (Å²) in [7, 11) is 0. The molecule has 2 nitrogen and oxygen atoms in total. The molecule has 0 aliphatic carbocycles. The molecule has 2 aromatic rings. The van der Waals surface area contributed by atoms with Crippen LogP contribution in [-0.4, -0.2) is 10.5 Å². The third-order valence-electron chi connectivity index (χ3n) is 3.89. The van der Waals surface area contributed by atoms with Gasteiger partial charge in [0.1, 0.15) is 0 Å². The molecule has 1 unspecified atom stereocenters. The van der Waals surface area contributed by atoms with Crippen LogP contribution in [-0.2, 0) is 5.41 Å². The Kier molecular flexibility index (Phi) is 4.95. The summed E-state index contributed by atoms with van der Waals surface area (Å²) in [6.07, 6.45) is 0. The molecule has 2 heteroatoms. The number of pyridine rings is 1. The number of hydrogen-bond donors (Lipinski definition) is 1. The number of nitrogens with one attached hydrogen (secondary N) is 1. The van der Waals surface area contributed by atoms with Gasteiger partial charge < -0.3 is 5.32 Å². The number of rotatable bonds is 3. The van der Waals surface area contributed by atoms with Gasteiger partial charge in [-0.1, -0.05) is 51.1 Å². The Balaban J connectivity index is 2.41. The highest BCUT2D eigenvalue weighted by atomic mass is 15.0. The maximum atomic E-state index is 4.74. The third-order valence-corrected chi connectivity index (χ3v) is 3.89. The van der Waals surface area contributed by atoms with Crippen LogP contribution in [0.2, 0.25) is 0 Å². The first-order chi connectivity index (χ1) is 10.6. The van der Waals surface area contributed by atoms with Crippen molar-refractivity contribution >= 4 is 0 Å². The lowest BCUT2D eigenvalue weighted by Gasteiger charge is -2.29. The van der Waals surface area contributed by atoms with Crippen molar-refractivity contribution < 1.29 is 0 Å². The van der Waals surface area contributed by atoms with Crippen LogP contribution in [0.5, 0.6) is 0 Å². The standard InChI is InChI=1S/C21H30N2/c1-15-9-8-10-18(22-15)19(23-21(5,6)7)16-11-13-17(14-12-16)20(2,3)4/h8-14,19,23H,1-7H3. The van der Waals surface area contributed by atoms with Crippen LogP contribution in [0.4, 0.5) is 0 Å². The van der Waals surface area contributed by atoms with Crippen molar-refractivity contribution in [1.29, 1.82) is 0 Å². The van der Waals surface area contributed by atoms with Gasteiger partial charge in [-0.2, -0.15) is 0 Å². The molecule has 2 rings (SSSR count). The van der Waals surface area contributed by atoms with E-state index in [9.17, 15) is 0 Å². The van der Waals surface area contributed by atoms with Gasteiger partial charge in [0.25, 0.3) is 0 Å². The molecule has 0 radical (unpaired) electrons. The normalized spacial score (nSPS) is 13.9. The van der Waals surface area contributed by atoms with Crippen LogP contribution in [0.15, 0.2) is 42.5 Å². The monoisotopic (exact) mass is 310 g/mol. The minimum Gasteiger partial charge on any atom is -0.300 e. The van der Waals surface area contributed by atoms with Crippen molar-refractivity contribution in [3.63, 3.8) is 0 Å². The average Bonchev–Trinajstić information content (AvgIpc) is 2.43. The van der Waals surface area contributed by atoms with E-state index < -0.39 is 0 Å². The Labute approximate surface area is 141 Å². The topological polar surface area (TPSA) is 24.9 Å². The second-order valence-corrected chi connectivity index (χ2v) is 8.40. The van der Waals surface area contributed by atoms with Crippen molar-refractivity contribution in [3.8, 4) is 0 Å². The second-order valence-electron chi connectivity index (χ2n) is 8.40.